The molecule has 0 spiro atoms. The highest BCUT2D eigenvalue weighted by Gasteiger charge is 2.49. The molecule has 2 aliphatic heterocycles. The molecule has 2 aromatic rings. The standard InChI is InChI=1S/C21H20FN3O5/c1-21(13-3-5-14(22)6-4-13)19(27)25(20(28)24-21)12-18(26)23-15-7-8-16-17(11-15)30-10-2-9-29-16/h3-8,11H,2,9-10,12H2,1H3,(H,23,26)(H,24,28)/t21-/m0/s1. The molecule has 4 amide bonds. The molecule has 1 saturated heterocycles. The van der Waals surface area contributed by atoms with Gasteiger partial charge in [0.2, 0.25) is 5.91 Å². The van der Waals surface area contributed by atoms with Crippen LogP contribution in [0.25, 0.3) is 0 Å². The lowest BCUT2D eigenvalue weighted by molar-refractivity contribution is -0.133. The molecule has 2 aromatic carbocycles. The summed E-state index contributed by atoms with van der Waals surface area (Å²) in [6, 6.07) is 9.55. The topological polar surface area (TPSA) is 97.0 Å². The molecule has 0 bridgehead atoms. The van der Waals surface area contributed by atoms with E-state index >= 15 is 0 Å². The van der Waals surface area contributed by atoms with Crippen LogP contribution < -0.4 is 20.1 Å². The summed E-state index contributed by atoms with van der Waals surface area (Å²) < 4.78 is 24.3. The first-order valence-electron chi connectivity index (χ1n) is 9.46. The number of nitrogens with zero attached hydrogens (tertiary/aromatic N) is 1. The number of urea groups is 1. The molecule has 0 saturated carbocycles. The van der Waals surface area contributed by atoms with Gasteiger partial charge in [0.25, 0.3) is 5.91 Å². The summed E-state index contributed by atoms with van der Waals surface area (Å²) in [5.74, 6) is -0.478. The van der Waals surface area contributed by atoms with Gasteiger partial charge in [0.05, 0.1) is 13.2 Å². The van der Waals surface area contributed by atoms with Crippen LogP contribution in [0.15, 0.2) is 42.5 Å². The Bertz CT molecular complexity index is 1010. The van der Waals surface area contributed by atoms with Gasteiger partial charge in [-0.3, -0.25) is 14.5 Å². The lowest BCUT2D eigenvalue weighted by Crippen LogP contribution is -2.42. The van der Waals surface area contributed by atoms with Crippen molar-refractivity contribution >= 4 is 23.5 Å². The number of imide groups is 1. The second-order valence-corrected chi connectivity index (χ2v) is 7.21. The van der Waals surface area contributed by atoms with E-state index in [1.54, 1.807) is 18.2 Å². The van der Waals surface area contributed by atoms with Crippen LogP contribution >= 0.6 is 0 Å². The van der Waals surface area contributed by atoms with Crippen LogP contribution in [0.5, 0.6) is 11.5 Å². The predicted octanol–water partition coefficient (Wildman–Crippen LogP) is 2.39. The molecule has 0 radical (unpaired) electrons. The largest absolute Gasteiger partial charge is 0.490 e. The van der Waals surface area contributed by atoms with E-state index in [1.165, 1.54) is 31.2 Å². The molecule has 2 heterocycles. The van der Waals surface area contributed by atoms with Crippen LogP contribution in [-0.2, 0) is 15.1 Å². The maximum Gasteiger partial charge on any atom is 0.325 e. The molecule has 30 heavy (non-hydrogen) atoms. The highest BCUT2D eigenvalue weighted by Crippen LogP contribution is 2.32. The molecular weight excluding hydrogens is 393 g/mol. The number of ether oxygens (including phenoxy) is 2. The molecule has 2 N–H and O–H groups in total. The molecule has 2 aliphatic rings. The molecule has 9 heteroatoms. The van der Waals surface area contributed by atoms with Crippen molar-refractivity contribution in [2.45, 2.75) is 18.9 Å². The van der Waals surface area contributed by atoms with Gasteiger partial charge in [-0.25, -0.2) is 9.18 Å². The molecule has 156 valence electrons. The van der Waals surface area contributed by atoms with Crippen molar-refractivity contribution < 1.29 is 28.2 Å². The minimum atomic E-state index is -1.37. The first kappa shape index (κ1) is 19.7. The van der Waals surface area contributed by atoms with Gasteiger partial charge in [0, 0.05) is 18.2 Å². The summed E-state index contributed by atoms with van der Waals surface area (Å²) in [7, 11) is 0. The SMILES string of the molecule is C[C@@]1(c2ccc(F)cc2)NC(=O)N(CC(=O)Nc2ccc3c(c2)OCCCO3)C1=O. The number of halogens is 1. The van der Waals surface area contributed by atoms with E-state index in [1.807, 2.05) is 0 Å². The van der Waals surface area contributed by atoms with Crippen LogP contribution in [0.4, 0.5) is 14.9 Å². The highest BCUT2D eigenvalue weighted by atomic mass is 19.1. The molecule has 0 unspecified atom stereocenters. The van der Waals surface area contributed by atoms with Crippen LogP contribution in [0.2, 0.25) is 0 Å². The maximum absolute atomic E-state index is 13.2. The van der Waals surface area contributed by atoms with Crippen molar-refractivity contribution in [2.24, 2.45) is 0 Å². The van der Waals surface area contributed by atoms with E-state index in [9.17, 15) is 18.8 Å². The van der Waals surface area contributed by atoms with Gasteiger partial charge in [-0.2, -0.15) is 0 Å². The number of rotatable bonds is 4. The predicted molar refractivity (Wildman–Crippen MR) is 105 cm³/mol. The van der Waals surface area contributed by atoms with Gasteiger partial charge in [0.1, 0.15) is 17.9 Å². The molecule has 8 nitrogen and oxygen atoms in total. The van der Waals surface area contributed by atoms with Crippen LogP contribution in [0.1, 0.15) is 18.9 Å². The number of hydrogen-bond acceptors (Lipinski definition) is 5. The van der Waals surface area contributed by atoms with Crippen LogP contribution in [-0.4, -0.2) is 42.5 Å². The molecule has 4 rings (SSSR count). The Labute approximate surface area is 171 Å². The van der Waals surface area contributed by atoms with E-state index in [0.717, 1.165) is 11.3 Å². The van der Waals surface area contributed by atoms with Gasteiger partial charge < -0.3 is 20.1 Å². The number of fused-ring (bicyclic) bond motifs is 1. The van der Waals surface area contributed by atoms with E-state index in [2.05, 4.69) is 10.6 Å². The zero-order valence-electron chi connectivity index (χ0n) is 16.2. The van der Waals surface area contributed by atoms with Crippen molar-refractivity contribution in [1.82, 2.24) is 10.2 Å². The molecule has 0 aliphatic carbocycles. The van der Waals surface area contributed by atoms with Crippen molar-refractivity contribution in [3.05, 3.63) is 53.8 Å². The van der Waals surface area contributed by atoms with Gasteiger partial charge in [-0.1, -0.05) is 12.1 Å². The Balaban J connectivity index is 1.46. The Morgan fingerprint density at radius 2 is 1.83 bits per heavy atom. The number of carbonyl (C=O) groups is 3. The Kier molecular flexibility index (Phi) is 5.03. The number of amides is 4. The Morgan fingerprint density at radius 3 is 2.57 bits per heavy atom. The molecule has 1 atom stereocenters. The summed E-state index contributed by atoms with van der Waals surface area (Å²) >= 11 is 0. The quantitative estimate of drug-likeness (QED) is 0.751. The minimum absolute atomic E-state index is 0.424. The van der Waals surface area contributed by atoms with Gasteiger partial charge in [-0.05, 0) is 36.8 Å². The zero-order valence-corrected chi connectivity index (χ0v) is 16.2. The average molecular weight is 413 g/mol. The number of nitrogens with one attached hydrogen (secondary N) is 2. The lowest BCUT2D eigenvalue weighted by atomic mass is 9.92. The fraction of sp³-hybridized carbons (Fsp3) is 0.286. The summed E-state index contributed by atoms with van der Waals surface area (Å²) in [5.41, 5.74) is -0.494. The second kappa shape index (κ2) is 7.66. The summed E-state index contributed by atoms with van der Waals surface area (Å²) in [5, 5.41) is 5.24. The number of anilines is 1. The van der Waals surface area contributed by atoms with Gasteiger partial charge in [0.15, 0.2) is 11.5 Å². The van der Waals surface area contributed by atoms with E-state index < -0.39 is 35.7 Å². The first-order chi connectivity index (χ1) is 14.4. The van der Waals surface area contributed by atoms with Crippen molar-refractivity contribution in [3.63, 3.8) is 0 Å². The van der Waals surface area contributed by atoms with Gasteiger partial charge >= 0.3 is 6.03 Å². The van der Waals surface area contributed by atoms with Crippen LogP contribution in [0, 0.1) is 5.82 Å². The third-order valence-electron chi connectivity index (χ3n) is 5.03. The maximum atomic E-state index is 13.2. The average Bonchev–Trinajstić information content (AvgIpc) is 2.88. The summed E-state index contributed by atoms with van der Waals surface area (Å²) in [6.07, 6.45) is 0.759. The van der Waals surface area contributed by atoms with Crippen molar-refractivity contribution in [2.75, 3.05) is 25.1 Å². The zero-order chi connectivity index (χ0) is 21.3. The normalized spacial score (nSPS) is 20.5. The highest BCUT2D eigenvalue weighted by molar-refractivity contribution is 6.10. The minimum Gasteiger partial charge on any atom is -0.490 e. The van der Waals surface area contributed by atoms with Gasteiger partial charge in [-0.15, -0.1) is 0 Å². The summed E-state index contributed by atoms with van der Waals surface area (Å²) in [4.78, 5) is 38.6. The molecule has 0 aromatic heterocycles. The molecule has 1 fully saturated rings. The number of hydrogen-bond donors (Lipinski definition) is 2. The number of benzene rings is 2. The van der Waals surface area contributed by atoms with E-state index in [0.29, 0.717) is 36.0 Å². The van der Waals surface area contributed by atoms with E-state index in [-0.39, 0.29) is 0 Å². The smallest absolute Gasteiger partial charge is 0.325 e. The van der Waals surface area contributed by atoms with E-state index in [4.69, 9.17) is 9.47 Å². The first-order valence-corrected chi connectivity index (χ1v) is 9.46. The fourth-order valence-electron chi connectivity index (χ4n) is 3.40. The Hall–Kier alpha value is -3.62. The third-order valence-corrected chi connectivity index (χ3v) is 5.03. The Morgan fingerprint density at radius 1 is 1.13 bits per heavy atom. The number of carbonyl (C=O) groups excluding carboxylic acids is 3. The lowest BCUT2D eigenvalue weighted by Gasteiger charge is -2.22. The summed E-state index contributed by atoms with van der Waals surface area (Å²) in [6.45, 7) is 2.12. The van der Waals surface area contributed by atoms with Crippen molar-refractivity contribution in [1.29, 1.82) is 0 Å². The van der Waals surface area contributed by atoms with Crippen molar-refractivity contribution in [3.8, 4) is 11.5 Å². The third kappa shape index (κ3) is 3.66. The second-order valence-electron chi connectivity index (χ2n) is 7.21. The molecular formula is C21H20FN3O5. The fourth-order valence-corrected chi connectivity index (χ4v) is 3.40. The van der Waals surface area contributed by atoms with Crippen LogP contribution in [0.3, 0.4) is 0 Å². The monoisotopic (exact) mass is 413 g/mol.